The largest absolute Gasteiger partial charge is 0.444 e. The predicted octanol–water partition coefficient (Wildman–Crippen LogP) is 2.87. The third kappa shape index (κ3) is 16.5. The third-order valence-electron chi connectivity index (χ3n) is 4.97. The summed E-state index contributed by atoms with van der Waals surface area (Å²) >= 11 is 0. The van der Waals surface area contributed by atoms with E-state index in [1.165, 1.54) is 0 Å². The second-order valence-electron chi connectivity index (χ2n) is 9.84. The Morgan fingerprint density at radius 3 is 2.13 bits per heavy atom. The lowest BCUT2D eigenvalue weighted by molar-refractivity contribution is -0.131. The van der Waals surface area contributed by atoms with Crippen LogP contribution in [0.5, 0.6) is 0 Å². The lowest BCUT2D eigenvalue weighted by Crippen LogP contribution is -2.39. The zero-order valence-corrected chi connectivity index (χ0v) is 21.0. The molecule has 8 nitrogen and oxygen atoms in total. The van der Waals surface area contributed by atoms with Crippen LogP contribution in [-0.2, 0) is 14.3 Å². The van der Waals surface area contributed by atoms with Gasteiger partial charge in [-0.25, -0.2) is 4.79 Å². The highest BCUT2D eigenvalue weighted by molar-refractivity contribution is 5.76. The molecule has 0 aliphatic heterocycles. The summed E-state index contributed by atoms with van der Waals surface area (Å²) in [6.07, 6.45) is 2.90. The fourth-order valence-corrected chi connectivity index (χ4v) is 3.05. The van der Waals surface area contributed by atoms with Gasteiger partial charge in [-0.2, -0.15) is 0 Å². The van der Waals surface area contributed by atoms with E-state index >= 15 is 0 Å². The van der Waals surface area contributed by atoms with Crippen LogP contribution in [0.1, 0.15) is 66.7 Å². The van der Waals surface area contributed by atoms with Crippen molar-refractivity contribution in [1.82, 2.24) is 20.4 Å². The molecular weight excluding hydrogens is 396 g/mol. The van der Waals surface area contributed by atoms with Gasteiger partial charge in [0.25, 0.3) is 0 Å². The molecule has 0 saturated carbocycles. The maximum atomic E-state index is 12.4. The van der Waals surface area contributed by atoms with Crippen molar-refractivity contribution in [3.05, 3.63) is 0 Å². The zero-order valence-electron chi connectivity index (χ0n) is 21.0. The summed E-state index contributed by atoms with van der Waals surface area (Å²) in [5.74, 6) is 0.658. The highest BCUT2D eigenvalue weighted by Gasteiger charge is 2.24. The number of hydrogen-bond acceptors (Lipinski definition) is 5. The van der Waals surface area contributed by atoms with E-state index in [2.05, 4.69) is 22.5 Å². The lowest BCUT2D eigenvalue weighted by Gasteiger charge is -2.27. The van der Waals surface area contributed by atoms with E-state index in [9.17, 15) is 14.4 Å². The number of amides is 3. The number of nitrogens with zero attached hydrogens (tertiary/aromatic N) is 2. The maximum absolute atomic E-state index is 12.4. The summed E-state index contributed by atoms with van der Waals surface area (Å²) in [7, 11) is 5.91. The molecule has 2 N–H and O–H groups in total. The first-order valence-electron chi connectivity index (χ1n) is 11.4. The second-order valence-corrected chi connectivity index (χ2v) is 9.84. The lowest BCUT2D eigenvalue weighted by atomic mass is 9.93. The fourth-order valence-electron chi connectivity index (χ4n) is 3.05. The Hall–Kier alpha value is -1.83. The molecule has 0 aromatic carbocycles. The first-order chi connectivity index (χ1) is 14.3. The van der Waals surface area contributed by atoms with Gasteiger partial charge in [0.15, 0.2) is 0 Å². The van der Waals surface area contributed by atoms with Crippen LogP contribution in [0.4, 0.5) is 4.79 Å². The van der Waals surface area contributed by atoms with E-state index in [1.54, 1.807) is 4.90 Å². The van der Waals surface area contributed by atoms with Crippen molar-refractivity contribution in [2.24, 2.45) is 11.8 Å². The number of carbonyl (C=O) groups is 3. The van der Waals surface area contributed by atoms with Crippen LogP contribution >= 0.6 is 0 Å². The highest BCUT2D eigenvalue weighted by atomic mass is 16.6. The van der Waals surface area contributed by atoms with Crippen molar-refractivity contribution >= 4 is 17.9 Å². The second kappa shape index (κ2) is 15.1. The molecule has 0 rings (SSSR count). The first-order valence-corrected chi connectivity index (χ1v) is 11.4. The number of nitrogens with one attached hydrogen (secondary N) is 2. The normalized spacial score (nSPS) is 12.6. The van der Waals surface area contributed by atoms with E-state index in [-0.39, 0.29) is 17.7 Å². The zero-order chi connectivity index (χ0) is 24.0. The molecule has 0 aromatic heterocycles. The molecule has 0 spiro atoms. The molecule has 1 unspecified atom stereocenters. The maximum Gasteiger partial charge on any atom is 0.407 e. The Morgan fingerprint density at radius 2 is 1.55 bits per heavy atom. The van der Waals surface area contributed by atoms with Gasteiger partial charge in [0.05, 0.1) is 0 Å². The molecule has 0 aromatic rings. The standard InChI is InChI=1S/C23H46N4O4/c1-18(2)16-20(28)24-12-13-25-22(30)31-23(4,5)11-10-19(3)17-21(29)27(8)15-9-14-26(6)7/h18-19H,9-17H2,1-8H3,(H,24,28)(H,25,30). The van der Waals surface area contributed by atoms with Crippen molar-refractivity contribution in [2.45, 2.75) is 72.3 Å². The smallest absolute Gasteiger partial charge is 0.407 e. The molecule has 8 heteroatoms. The Morgan fingerprint density at radius 1 is 0.935 bits per heavy atom. The van der Waals surface area contributed by atoms with Gasteiger partial charge in [-0.05, 0) is 65.6 Å². The minimum absolute atomic E-state index is 0.0163. The van der Waals surface area contributed by atoms with Gasteiger partial charge in [-0.3, -0.25) is 9.59 Å². The topological polar surface area (TPSA) is 91.0 Å². The van der Waals surface area contributed by atoms with Crippen molar-refractivity contribution in [2.75, 3.05) is 47.3 Å². The molecular formula is C23H46N4O4. The number of alkyl carbamates (subject to hydrolysis) is 1. The van der Waals surface area contributed by atoms with E-state index in [4.69, 9.17) is 4.74 Å². The van der Waals surface area contributed by atoms with Gasteiger partial charge in [-0.15, -0.1) is 0 Å². The van der Waals surface area contributed by atoms with Crippen LogP contribution in [0, 0.1) is 11.8 Å². The quantitative estimate of drug-likeness (QED) is 0.381. The fraction of sp³-hybridized carbons (Fsp3) is 0.870. The van der Waals surface area contributed by atoms with Gasteiger partial charge in [0.1, 0.15) is 5.60 Å². The summed E-state index contributed by atoms with van der Waals surface area (Å²) in [5.41, 5.74) is -0.625. The van der Waals surface area contributed by atoms with Crippen LogP contribution in [0.3, 0.4) is 0 Å². The number of carbonyl (C=O) groups excluding carboxylic acids is 3. The molecule has 0 aliphatic carbocycles. The predicted molar refractivity (Wildman–Crippen MR) is 125 cm³/mol. The minimum atomic E-state index is -0.625. The molecule has 0 bridgehead atoms. The van der Waals surface area contributed by atoms with Crippen molar-refractivity contribution in [3.8, 4) is 0 Å². The van der Waals surface area contributed by atoms with Crippen LogP contribution in [0.15, 0.2) is 0 Å². The number of ether oxygens (including phenoxy) is 1. The summed E-state index contributed by atoms with van der Waals surface area (Å²) < 4.78 is 5.53. The SMILES string of the molecule is CC(C)CC(=O)NCCNC(=O)OC(C)(C)CCC(C)CC(=O)N(C)CCCN(C)C. The molecule has 0 aliphatic rings. The van der Waals surface area contributed by atoms with E-state index in [1.807, 2.05) is 48.8 Å². The Labute approximate surface area is 189 Å². The average Bonchev–Trinajstić information content (AvgIpc) is 2.62. The van der Waals surface area contributed by atoms with E-state index < -0.39 is 11.7 Å². The van der Waals surface area contributed by atoms with Gasteiger partial charge in [-0.1, -0.05) is 20.8 Å². The van der Waals surface area contributed by atoms with Crippen LogP contribution in [0.25, 0.3) is 0 Å². The Kier molecular flexibility index (Phi) is 14.2. The van der Waals surface area contributed by atoms with Gasteiger partial charge in [0.2, 0.25) is 11.8 Å². The van der Waals surface area contributed by atoms with E-state index in [0.717, 1.165) is 25.9 Å². The van der Waals surface area contributed by atoms with Crippen LogP contribution < -0.4 is 10.6 Å². The van der Waals surface area contributed by atoms with Crippen LogP contribution in [-0.4, -0.2) is 80.6 Å². The summed E-state index contributed by atoms with van der Waals surface area (Å²) in [5, 5.41) is 5.44. The number of hydrogen-bond donors (Lipinski definition) is 2. The highest BCUT2D eigenvalue weighted by Crippen LogP contribution is 2.22. The number of rotatable bonds is 15. The molecule has 31 heavy (non-hydrogen) atoms. The van der Waals surface area contributed by atoms with Crippen LogP contribution in [0.2, 0.25) is 0 Å². The molecule has 182 valence electrons. The van der Waals surface area contributed by atoms with Crippen molar-refractivity contribution in [3.63, 3.8) is 0 Å². The minimum Gasteiger partial charge on any atom is -0.444 e. The summed E-state index contributed by atoms with van der Waals surface area (Å²) in [6.45, 7) is 12.2. The molecule has 0 radical (unpaired) electrons. The average molecular weight is 443 g/mol. The molecule has 0 saturated heterocycles. The molecule has 3 amide bonds. The van der Waals surface area contributed by atoms with Crippen molar-refractivity contribution in [1.29, 1.82) is 0 Å². The van der Waals surface area contributed by atoms with Gasteiger partial charge < -0.3 is 25.2 Å². The summed E-state index contributed by atoms with van der Waals surface area (Å²) in [4.78, 5) is 39.9. The molecule has 0 heterocycles. The van der Waals surface area contributed by atoms with Crippen molar-refractivity contribution < 1.29 is 19.1 Å². The Bertz CT molecular complexity index is 550. The van der Waals surface area contributed by atoms with Gasteiger partial charge >= 0.3 is 6.09 Å². The van der Waals surface area contributed by atoms with E-state index in [0.29, 0.717) is 38.3 Å². The Balaban J connectivity index is 4.12. The molecule has 1 atom stereocenters. The monoisotopic (exact) mass is 442 g/mol. The summed E-state index contributed by atoms with van der Waals surface area (Å²) in [6, 6.07) is 0. The first kappa shape index (κ1) is 29.2. The third-order valence-corrected chi connectivity index (χ3v) is 4.97. The van der Waals surface area contributed by atoms with Gasteiger partial charge in [0, 0.05) is 39.5 Å². The molecule has 0 fully saturated rings.